The Morgan fingerprint density at radius 3 is 2.81 bits per heavy atom. The standard InChI is InChI=1S/C16H16FNO3/c1-20-10-3-4-11-13(18)8-15(21-16(11)7-10)9-2-5-14(19)12(17)6-9/h2-7,13,15,19H,8,18H2,1H3/t13-,15?/m0/s1. The number of ether oxygens (including phenoxy) is 2. The fourth-order valence-electron chi connectivity index (χ4n) is 2.54. The maximum Gasteiger partial charge on any atom is 0.165 e. The molecule has 0 amide bonds. The lowest BCUT2D eigenvalue weighted by atomic mass is 9.93. The summed E-state index contributed by atoms with van der Waals surface area (Å²) < 4.78 is 24.6. The lowest BCUT2D eigenvalue weighted by Gasteiger charge is -2.30. The van der Waals surface area contributed by atoms with Crippen LogP contribution in [0.2, 0.25) is 0 Å². The molecule has 0 saturated carbocycles. The number of aromatic hydroxyl groups is 1. The molecule has 2 atom stereocenters. The molecule has 0 aliphatic carbocycles. The van der Waals surface area contributed by atoms with E-state index in [0.717, 1.165) is 5.56 Å². The van der Waals surface area contributed by atoms with Gasteiger partial charge in [0.1, 0.15) is 17.6 Å². The van der Waals surface area contributed by atoms with E-state index < -0.39 is 5.82 Å². The molecule has 110 valence electrons. The number of hydrogen-bond donors (Lipinski definition) is 2. The first-order valence-corrected chi connectivity index (χ1v) is 6.67. The lowest BCUT2D eigenvalue weighted by molar-refractivity contribution is 0.160. The molecule has 4 nitrogen and oxygen atoms in total. The van der Waals surface area contributed by atoms with Gasteiger partial charge in [0.25, 0.3) is 0 Å². The maximum atomic E-state index is 13.5. The van der Waals surface area contributed by atoms with E-state index in [1.807, 2.05) is 12.1 Å². The van der Waals surface area contributed by atoms with Crippen molar-refractivity contribution >= 4 is 0 Å². The van der Waals surface area contributed by atoms with Gasteiger partial charge in [-0.3, -0.25) is 0 Å². The zero-order valence-corrected chi connectivity index (χ0v) is 11.5. The topological polar surface area (TPSA) is 64.7 Å². The van der Waals surface area contributed by atoms with Crippen molar-refractivity contribution in [2.24, 2.45) is 5.73 Å². The highest BCUT2D eigenvalue weighted by molar-refractivity contribution is 5.44. The average Bonchev–Trinajstić information content (AvgIpc) is 2.49. The van der Waals surface area contributed by atoms with Crippen LogP contribution in [0.1, 0.15) is 29.7 Å². The van der Waals surface area contributed by atoms with Gasteiger partial charge < -0.3 is 20.3 Å². The van der Waals surface area contributed by atoms with Crippen LogP contribution in [-0.4, -0.2) is 12.2 Å². The Labute approximate surface area is 121 Å². The molecule has 21 heavy (non-hydrogen) atoms. The van der Waals surface area contributed by atoms with Crippen LogP contribution >= 0.6 is 0 Å². The van der Waals surface area contributed by atoms with E-state index in [4.69, 9.17) is 15.2 Å². The van der Waals surface area contributed by atoms with Crippen LogP contribution in [0.15, 0.2) is 36.4 Å². The van der Waals surface area contributed by atoms with Crippen molar-refractivity contribution in [2.75, 3.05) is 7.11 Å². The molecule has 3 rings (SSSR count). The van der Waals surface area contributed by atoms with Crippen molar-refractivity contribution in [3.8, 4) is 17.2 Å². The second kappa shape index (κ2) is 5.26. The van der Waals surface area contributed by atoms with Gasteiger partial charge in [-0.2, -0.15) is 0 Å². The number of halogens is 1. The number of methoxy groups -OCH3 is 1. The highest BCUT2D eigenvalue weighted by Gasteiger charge is 2.28. The number of rotatable bonds is 2. The molecule has 2 aromatic rings. The van der Waals surface area contributed by atoms with Gasteiger partial charge in [0.2, 0.25) is 0 Å². The second-order valence-electron chi connectivity index (χ2n) is 5.06. The zero-order chi connectivity index (χ0) is 15.0. The van der Waals surface area contributed by atoms with Gasteiger partial charge in [-0.1, -0.05) is 12.1 Å². The van der Waals surface area contributed by atoms with Crippen molar-refractivity contribution in [2.45, 2.75) is 18.6 Å². The number of phenolic OH excluding ortho intramolecular Hbond substituents is 1. The van der Waals surface area contributed by atoms with Crippen LogP contribution in [0.5, 0.6) is 17.2 Å². The Balaban J connectivity index is 1.94. The fraction of sp³-hybridized carbons (Fsp3) is 0.250. The Morgan fingerprint density at radius 1 is 1.29 bits per heavy atom. The Hall–Kier alpha value is -2.27. The molecule has 5 heteroatoms. The average molecular weight is 289 g/mol. The highest BCUT2D eigenvalue weighted by atomic mass is 19.1. The van der Waals surface area contributed by atoms with Gasteiger partial charge in [0.05, 0.1) is 7.11 Å². The van der Waals surface area contributed by atoms with Crippen LogP contribution < -0.4 is 15.2 Å². The van der Waals surface area contributed by atoms with Gasteiger partial charge >= 0.3 is 0 Å². The van der Waals surface area contributed by atoms with Crippen LogP contribution in [0.25, 0.3) is 0 Å². The smallest absolute Gasteiger partial charge is 0.165 e. The van der Waals surface area contributed by atoms with Gasteiger partial charge in [-0.15, -0.1) is 0 Å². The summed E-state index contributed by atoms with van der Waals surface area (Å²) in [5, 5.41) is 9.26. The minimum absolute atomic E-state index is 0.193. The van der Waals surface area contributed by atoms with Crippen molar-refractivity contribution in [3.05, 3.63) is 53.3 Å². The van der Waals surface area contributed by atoms with Crippen molar-refractivity contribution in [1.29, 1.82) is 0 Å². The third-order valence-corrected chi connectivity index (χ3v) is 3.70. The summed E-state index contributed by atoms with van der Waals surface area (Å²) in [5.41, 5.74) is 7.73. The molecule has 0 bridgehead atoms. The Kier molecular flexibility index (Phi) is 3.43. The molecule has 0 spiro atoms. The summed E-state index contributed by atoms with van der Waals surface area (Å²) in [6.45, 7) is 0. The van der Waals surface area contributed by atoms with E-state index in [-0.39, 0.29) is 17.9 Å². The quantitative estimate of drug-likeness (QED) is 0.891. The number of benzene rings is 2. The molecule has 1 unspecified atom stereocenters. The molecule has 0 fully saturated rings. The number of nitrogens with two attached hydrogens (primary N) is 1. The summed E-state index contributed by atoms with van der Waals surface area (Å²) in [6.07, 6.45) is 0.193. The first-order chi connectivity index (χ1) is 10.1. The minimum Gasteiger partial charge on any atom is -0.505 e. The summed E-state index contributed by atoms with van der Waals surface area (Å²) in [6, 6.07) is 9.54. The van der Waals surface area contributed by atoms with Crippen molar-refractivity contribution in [3.63, 3.8) is 0 Å². The van der Waals surface area contributed by atoms with E-state index in [1.54, 1.807) is 19.2 Å². The predicted molar refractivity (Wildman–Crippen MR) is 76.0 cm³/mol. The molecule has 0 saturated heterocycles. The van der Waals surface area contributed by atoms with Crippen molar-refractivity contribution in [1.82, 2.24) is 0 Å². The normalized spacial score (nSPS) is 20.5. The highest BCUT2D eigenvalue weighted by Crippen LogP contribution is 2.41. The third-order valence-electron chi connectivity index (χ3n) is 3.70. The predicted octanol–water partition coefficient (Wildman–Crippen LogP) is 3.06. The minimum atomic E-state index is -0.666. The van der Waals surface area contributed by atoms with E-state index in [1.165, 1.54) is 12.1 Å². The molecule has 2 aromatic carbocycles. The molecule has 1 aliphatic rings. The van der Waals surface area contributed by atoms with Crippen LogP contribution in [-0.2, 0) is 0 Å². The zero-order valence-electron chi connectivity index (χ0n) is 11.5. The first-order valence-electron chi connectivity index (χ1n) is 6.67. The molecule has 0 radical (unpaired) electrons. The van der Waals surface area contributed by atoms with Crippen LogP contribution in [0, 0.1) is 5.82 Å². The van der Waals surface area contributed by atoms with Crippen LogP contribution in [0.4, 0.5) is 4.39 Å². The van der Waals surface area contributed by atoms with E-state index in [9.17, 15) is 9.50 Å². The molecular weight excluding hydrogens is 273 g/mol. The maximum absolute atomic E-state index is 13.5. The first kappa shape index (κ1) is 13.7. The van der Waals surface area contributed by atoms with E-state index in [0.29, 0.717) is 23.5 Å². The SMILES string of the molecule is COc1ccc2c(c1)OC(c1ccc(O)c(F)c1)C[C@@H]2N. The Morgan fingerprint density at radius 2 is 2.10 bits per heavy atom. The van der Waals surface area contributed by atoms with Crippen molar-refractivity contribution < 1.29 is 19.0 Å². The van der Waals surface area contributed by atoms with E-state index >= 15 is 0 Å². The molecule has 3 N–H and O–H groups in total. The second-order valence-corrected chi connectivity index (χ2v) is 5.06. The summed E-state index contributed by atoms with van der Waals surface area (Å²) in [5.74, 6) is 0.284. The fourth-order valence-corrected chi connectivity index (χ4v) is 2.54. The molecule has 0 aromatic heterocycles. The molecular formula is C16H16FNO3. The van der Waals surface area contributed by atoms with Gasteiger partial charge in [-0.25, -0.2) is 4.39 Å². The largest absolute Gasteiger partial charge is 0.505 e. The summed E-state index contributed by atoms with van der Waals surface area (Å²) in [7, 11) is 1.58. The number of phenols is 1. The molecule has 1 aliphatic heterocycles. The summed E-state index contributed by atoms with van der Waals surface area (Å²) in [4.78, 5) is 0. The van der Waals surface area contributed by atoms with E-state index in [2.05, 4.69) is 0 Å². The lowest BCUT2D eigenvalue weighted by Crippen LogP contribution is -2.24. The van der Waals surface area contributed by atoms with Gasteiger partial charge in [0.15, 0.2) is 11.6 Å². The monoisotopic (exact) mass is 289 g/mol. The summed E-state index contributed by atoms with van der Waals surface area (Å²) >= 11 is 0. The Bertz CT molecular complexity index is 675. The van der Waals surface area contributed by atoms with Gasteiger partial charge in [-0.05, 0) is 23.8 Å². The van der Waals surface area contributed by atoms with Gasteiger partial charge in [0, 0.05) is 24.1 Å². The van der Waals surface area contributed by atoms with Crippen LogP contribution in [0.3, 0.4) is 0 Å². The third kappa shape index (κ3) is 2.52. The molecule has 1 heterocycles. The number of hydrogen-bond acceptors (Lipinski definition) is 4. The number of fused-ring (bicyclic) bond motifs is 1.